The van der Waals surface area contributed by atoms with Gasteiger partial charge in [0.2, 0.25) is 5.91 Å². The van der Waals surface area contributed by atoms with Crippen LogP contribution in [0, 0.1) is 0 Å². The van der Waals surface area contributed by atoms with Crippen LogP contribution in [0.3, 0.4) is 0 Å². The summed E-state index contributed by atoms with van der Waals surface area (Å²) in [6.45, 7) is 7.49. The Bertz CT molecular complexity index is 720. The molecule has 4 nitrogen and oxygen atoms in total. The van der Waals surface area contributed by atoms with Gasteiger partial charge in [0.05, 0.1) is 5.02 Å². The fraction of sp³-hybridized carbons (Fsp3) is 0.429. The maximum Gasteiger partial charge on any atom is 0.223 e. The monoisotopic (exact) mass is 371 g/mol. The number of aromatic nitrogens is 1. The van der Waals surface area contributed by atoms with Crippen molar-refractivity contribution in [3.05, 3.63) is 58.7 Å². The topological polar surface area (TPSA) is 36.4 Å². The molecule has 1 fully saturated rings. The normalized spacial score (nSPS) is 14.8. The zero-order chi connectivity index (χ0) is 18.5. The quantitative estimate of drug-likeness (QED) is 0.792. The van der Waals surface area contributed by atoms with Crippen LogP contribution in [0.15, 0.2) is 42.6 Å². The van der Waals surface area contributed by atoms with Gasteiger partial charge in [-0.15, -0.1) is 0 Å². The molecule has 2 heterocycles. The summed E-state index contributed by atoms with van der Waals surface area (Å²) in [5.74, 6) is 1.70. The maximum absolute atomic E-state index is 12.5. The minimum atomic E-state index is 0.238. The largest absolute Gasteiger partial charge is 0.353 e. The first-order chi connectivity index (χ1) is 12.5. The third-order valence-electron chi connectivity index (χ3n) is 4.94. The van der Waals surface area contributed by atoms with Crippen LogP contribution in [0.1, 0.15) is 37.3 Å². The summed E-state index contributed by atoms with van der Waals surface area (Å²) in [7, 11) is 0. The van der Waals surface area contributed by atoms with Crippen molar-refractivity contribution in [2.24, 2.45) is 0 Å². The lowest BCUT2D eigenvalue weighted by Gasteiger charge is -2.35. The highest BCUT2D eigenvalue weighted by atomic mass is 35.5. The molecule has 0 spiro atoms. The van der Waals surface area contributed by atoms with Crippen molar-refractivity contribution in [3.63, 3.8) is 0 Å². The average Bonchev–Trinajstić information content (AvgIpc) is 2.67. The lowest BCUT2D eigenvalue weighted by atomic mass is 10.00. The van der Waals surface area contributed by atoms with E-state index in [1.165, 1.54) is 11.1 Å². The SMILES string of the molecule is CC(C)c1ccc(CCC(=O)N2CCN(c3ccc(Cl)cn3)CC2)cc1. The van der Waals surface area contributed by atoms with E-state index in [9.17, 15) is 4.79 Å². The lowest BCUT2D eigenvalue weighted by Crippen LogP contribution is -2.49. The van der Waals surface area contributed by atoms with Gasteiger partial charge in [-0.05, 0) is 35.6 Å². The van der Waals surface area contributed by atoms with E-state index in [1.807, 2.05) is 17.0 Å². The molecule has 26 heavy (non-hydrogen) atoms. The summed E-state index contributed by atoms with van der Waals surface area (Å²) in [4.78, 5) is 21.0. The number of nitrogens with zero attached hydrogens (tertiary/aromatic N) is 3. The van der Waals surface area contributed by atoms with Crippen molar-refractivity contribution in [3.8, 4) is 0 Å². The van der Waals surface area contributed by atoms with Crippen molar-refractivity contribution in [1.29, 1.82) is 0 Å². The molecular formula is C21H26ClN3O. The van der Waals surface area contributed by atoms with E-state index in [1.54, 1.807) is 6.20 Å². The molecule has 0 unspecified atom stereocenters. The van der Waals surface area contributed by atoms with E-state index < -0.39 is 0 Å². The van der Waals surface area contributed by atoms with Gasteiger partial charge in [-0.2, -0.15) is 0 Å². The summed E-state index contributed by atoms with van der Waals surface area (Å²) in [5, 5.41) is 0.643. The van der Waals surface area contributed by atoms with Gasteiger partial charge in [0.15, 0.2) is 0 Å². The van der Waals surface area contributed by atoms with E-state index in [4.69, 9.17) is 11.6 Å². The van der Waals surface area contributed by atoms with Crippen LogP contribution < -0.4 is 4.90 Å². The van der Waals surface area contributed by atoms with E-state index in [0.717, 1.165) is 38.4 Å². The van der Waals surface area contributed by atoms with Crippen LogP contribution in [0.25, 0.3) is 0 Å². The average molecular weight is 372 g/mol. The first-order valence-electron chi connectivity index (χ1n) is 9.26. The van der Waals surface area contributed by atoms with Crippen LogP contribution in [-0.4, -0.2) is 42.0 Å². The van der Waals surface area contributed by atoms with Gasteiger partial charge >= 0.3 is 0 Å². The number of rotatable bonds is 5. The van der Waals surface area contributed by atoms with Crippen LogP contribution in [0.4, 0.5) is 5.82 Å². The zero-order valence-corrected chi connectivity index (χ0v) is 16.2. The van der Waals surface area contributed by atoms with E-state index in [0.29, 0.717) is 17.4 Å². The Balaban J connectivity index is 1.47. The standard InChI is InChI=1S/C21H26ClN3O/c1-16(2)18-6-3-17(4-7-18)5-10-21(26)25-13-11-24(12-14-25)20-9-8-19(22)15-23-20/h3-4,6-9,15-16H,5,10-14H2,1-2H3. The van der Waals surface area contributed by atoms with Gasteiger partial charge in [-0.3, -0.25) is 4.79 Å². The molecule has 138 valence electrons. The smallest absolute Gasteiger partial charge is 0.223 e. The molecule has 5 heteroatoms. The number of pyridine rings is 1. The van der Waals surface area contributed by atoms with Gasteiger partial charge in [-0.1, -0.05) is 49.7 Å². The van der Waals surface area contributed by atoms with Crippen LogP contribution in [0.5, 0.6) is 0 Å². The summed E-state index contributed by atoms with van der Waals surface area (Å²) in [5.41, 5.74) is 2.57. The number of benzene rings is 1. The molecule has 1 aliphatic heterocycles. The molecule has 3 rings (SSSR count). The minimum absolute atomic E-state index is 0.238. The fourth-order valence-corrected chi connectivity index (χ4v) is 3.33. The third kappa shape index (κ3) is 4.76. The Labute approximate surface area is 160 Å². The number of hydrogen-bond donors (Lipinski definition) is 0. The number of amides is 1. The van der Waals surface area contributed by atoms with Crippen LogP contribution >= 0.6 is 11.6 Å². The molecule has 1 amide bonds. The molecule has 1 aromatic heterocycles. The molecule has 0 N–H and O–H groups in total. The predicted molar refractivity (Wildman–Crippen MR) is 107 cm³/mol. The van der Waals surface area contributed by atoms with Gasteiger partial charge in [0.1, 0.15) is 5.82 Å². The first-order valence-corrected chi connectivity index (χ1v) is 9.64. The third-order valence-corrected chi connectivity index (χ3v) is 5.17. The molecule has 0 saturated carbocycles. The van der Waals surface area contributed by atoms with Crippen molar-refractivity contribution in [2.45, 2.75) is 32.6 Å². The summed E-state index contributed by atoms with van der Waals surface area (Å²) < 4.78 is 0. The second-order valence-corrected chi connectivity index (χ2v) is 7.54. The highest BCUT2D eigenvalue weighted by Crippen LogP contribution is 2.18. The van der Waals surface area contributed by atoms with Gasteiger partial charge < -0.3 is 9.80 Å². The molecule has 0 atom stereocenters. The molecule has 0 aliphatic carbocycles. The Morgan fingerprint density at radius 1 is 1.08 bits per heavy atom. The Morgan fingerprint density at radius 2 is 1.77 bits per heavy atom. The highest BCUT2D eigenvalue weighted by Gasteiger charge is 2.21. The number of carbonyl (C=O) groups is 1. The van der Waals surface area contributed by atoms with Crippen molar-refractivity contribution >= 4 is 23.3 Å². The minimum Gasteiger partial charge on any atom is -0.353 e. The summed E-state index contributed by atoms with van der Waals surface area (Å²) >= 11 is 5.89. The second kappa shape index (κ2) is 8.54. The van der Waals surface area contributed by atoms with Crippen molar-refractivity contribution in [1.82, 2.24) is 9.88 Å². The highest BCUT2D eigenvalue weighted by molar-refractivity contribution is 6.30. The molecule has 2 aromatic rings. The van der Waals surface area contributed by atoms with Gasteiger partial charge in [-0.25, -0.2) is 4.98 Å². The number of aryl methyl sites for hydroxylation is 1. The summed E-state index contributed by atoms with van der Waals surface area (Å²) in [6, 6.07) is 12.4. The fourth-order valence-electron chi connectivity index (χ4n) is 3.22. The number of halogens is 1. The van der Waals surface area contributed by atoms with E-state index in [2.05, 4.69) is 48.0 Å². The lowest BCUT2D eigenvalue weighted by molar-refractivity contribution is -0.131. The molecule has 0 radical (unpaired) electrons. The predicted octanol–water partition coefficient (Wildman–Crippen LogP) is 4.14. The molecular weight excluding hydrogens is 346 g/mol. The number of piperazine rings is 1. The van der Waals surface area contributed by atoms with Gasteiger partial charge in [0, 0.05) is 38.8 Å². The number of carbonyl (C=O) groups excluding carboxylic acids is 1. The second-order valence-electron chi connectivity index (χ2n) is 7.10. The Morgan fingerprint density at radius 3 is 2.35 bits per heavy atom. The Hall–Kier alpha value is -2.07. The maximum atomic E-state index is 12.5. The van der Waals surface area contributed by atoms with Gasteiger partial charge in [0.25, 0.3) is 0 Å². The molecule has 0 bridgehead atoms. The van der Waals surface area contributed by atoms with Crippen LogP contribution in [0.2, 0.25) is 5.02 Å². The van der Waals surface area contributed by atoms with E-state index >= 15 is 0 Å². The van der Waals surface area contributed by atoms with Crippen LogP contribution in [-0.2, 0) is 11.2 Å². The van der Waals surface area contributed by atoms with Crippen molar-refractivity contribution < 1.29 is 4.79 Å². The number of hydrogen-bond acceptors (Lipinski definition) is 3. The van der Waals surface area contributed by atoms with E-state index in [-0.39, 0.29) is 5.91 Å². The Kier molecular flexibility index (Phi) is 6.15. The number of anilines is 1. The zero-order valence-electron chi connectivity index (χ0n) is 15.5. The van der Waals surface area contributed by atoms with Crippen molar-refractivity contribution in [2.75, 3.05) is 31.1 Å². The molecule has 1 saturated heterocycles. The molecule has 1 aliphatic rings. The first kappa shape index (κ1) is 18.7. The summed E-state index contributed by atoms with van der Waals surface area (Å²) in [6.07, 6.45) is 3.04. The molecule has 1 aromatic carbocycles.